The Kier molecular flexibility index (Phi) is 5.42. The molecule has 0 aromatic heterocycles. The topological polar surface area (TPSA) is 63.2 Å². The van der Waals surface area contributed by atoms with Crippen LogP contribution in [0.5, 0.6) is 0 Å². The van der Waals surface area contributed by atoms with Crippen LogP contribution < -0.4 is 5.32 Å². The van der Waals surface area contributed by atoms with Gasteiger partial charge in [-0.05, 0) is 30.2 Å². The van der Waals surface area contributed by atoms with Gasteiger partial charge in [0.25, 0.3) is 5.91 Å². The van der Waals surface area contributed by atoms with E-state index >= 15 is 0 Å². The van der Waals surface area contributed by atoms with Crippen molar-refractivity contribution in [3.63, 3.8) is 0 Å². The molecule has 0 aliphatic rings. The van der Waals surface area contributed by atoms with Crippen LogP contribution in [0, 0.1) is 6.92 Å². The number of carbonyl (C=O) groups is 1. The Morgan fingerprint density at radius 1 is 0.815 bits per heavy atom. The van der Waals surface area contributed by atoms with E-state index < -0.39 is 15.7 Å². The Balaban J connectivity index is 2.01. The lowest BCUT2D eigenvalue weighted by atomic mass is 9.97. The van der Waals surface area contributed by atoms with E-state index in [-0.39, 0.29) is 16.5 Å². The summed E-state index contributed by atoms with van der Waals surface area (Å²) in [7, 11) is -3.51. The van der Waals surface area contributed by atoms with Gasteiger partial charge in [-0.25, -0.2) is 8.42 Å². The lowest BCUT2D eigenvalue weighted by molar-refractivity contribution is 0.0939. The van der Waals surface area contributed by atoms with Gasteiger partial charge in [0.15, 0.2) is 9.84 Å². The highest BCUT2D eigenvalue weighted by Gasteiger charge is 2.22. The van der Waals surface area contributed by atoms with Gasteiger partial charge in [0, 0.05) is 6.26 Å². The molecule has 0 saturated heterocycles. The molecule has 0 unspecified atom stereocenters. The van der Waals surface area contributed by atoms with E-state index in [9.17, 15) is 13.2 Å². The quantitative estimate of drug-likeness (QED) is 0.731. The van der Waals surface area contributed by atoms with Crippen LogP contribution in [-0.4, -0.2) is 20.6 Å². The molecule has 0 aliphatic carbocycles. The molecule has 1 amide bonds. The fourth-order valence-electron chi connectivity index (χ4n) is 2.95. The summed E-state index contributed by atoms with van der Waals surface area (Å²) >= 11 is 0. The Hall–Kier alpha value is -2.92. The second kappa shape index (κ2) is 7.76. The van der Waals surface area contributed by atoms with Crippen molar-refractivity contribution in [1.82, 2.24) is 5.32 Å². The van der Waals surface area contributed by atoms with Gasteiger partial charge in [0.1, 0.15) is 0 Å². The van der Waals surface area contributed by atoms with Gasteiger partial charge in [-0.1, -0.05) is 72.3 Å². The summed E-state index contributed by atoms with van der Waals surface area (Å²) in [6.07, 6.45) is 1.10. The molecule has 3 aromatic rings. The van der Waals surface area contributed by atoms with E-state index in [2.05, 4.69) is 5.32 Å². The van der Waals surface area contributed by atoms with E-state index in [1.807, 2.05) is 61.5 Å². The minimum atomic E-state index is -3.51. The van der Waals surface area contributed by atoms with Crippen molar-refractivity contribution in [3.8, 4) is 0 Å². The summed E-state index contributed by atoms with van der Waals surface area (Å²) < 4.78 is 24.1. The molecule has 27 heavy (non-hydrogen) atoms. The molecule has 1 N–H and O–H groups in total. The third kappa shape index (κ3) is 4.44. The molecular weight excluding hydrogens is 358 g/mol. The average molecular weight is 379 g/mol. The minimum absolute atomic E-state index is 0.0261. The Labute approximate surface area is 159 Å². The lowest BCUT2D eigenvalue weighted by Crippen LogP contribution is -2.30. The van der Waals surface area contributed by atoms with Gasteiger partial charge < -0.3 is 5.32 Å². The zero-order valence-corrected chi connectivity index (χ0v) is 16.0. The largest absolute Gasteiger partial charge is 0.341 e. The summed E-state index contributed by atoms with van der Waals surface area (Å²) in [6, 6.07) is 23.4. The third-order valence-corrected chi connectivity index (χ3v) is 5.51. The van der Waals surface area contributed by atoms with Gasteiger partial charge in [-0.3, -0.25) is 4.79 Å². The van der Waals surface area contributed by atoms with Crippen molar-refractivity contribution >= 4 is 15.7 Å². The normalized spacial score (nSPS) is 12.4. The van der Waals surface area contributed by atoms with Gasteiger partial charge in [0.05, 0.1) is 16.5 Å². The van der Waals surface area contributed by atoms with Crippen LogP contribution in [0.4, 0.5) is 0 Å². The first kappa shape index (κ1) is 18.9. The number of carbonyl (C=O) groups excluding carboxylic acids is 1. The van der Waals surface area contributed by atoms with E-state index in [0.717, 1.165) is 22.9 Å². The van der Waals surface area contributed by atoms with Crippen LogP contribution in [0.3, 0.4) is 0 Å². The number of aryl methyl sites for hydroxylation is 1. The summed E-state index contributed by atoms with van der Waals surface area (Å²) in [5.41, 5.74) is 3.12. The molecule has 5 heteroatoms. The van der Waals surface area contributed by atoms with Crippen LogP contribution in [-0.2, 0) is 9.84 Å². The second-order valence-corrected chi connectivity index (χ2v) is 8.48. The molecule has 4 nitrogen and oxygen atoms in total. The summed E-state index contributed by atoms with van der Waals surface area (Å²) in [6.45, 7) is 2.00. The van der Waals surface area contributed by atoms with Crippen molar-refractivity contribution in [3.05, 3.63) is 101 Å². The molecular formula is C22H21NO3S. The maximum Gasteiger partial charge on any atom is 0.253 e. The first-order valence-electron chi connectivity index (χ1n) is 8.58. The highest BCUT2D eigenvalue weighted by atomic mass is 32.2. The molecule has 0 bridgehead atoms. The van der Waals surface area contributed by atoms with Crippen LogP contribution in [0.1, 0.15) is 33.1 Å². The van der Waals surface area contributed by atoms with Crippen LogP contribution in [0.25, 0.3) is 0 Å². The SMILES string of the molecule is Cc1ccc([C@H](NC(=O)c2ccccc2S(C)(=O)=O)c2ccccc2)cc1. The Morgan fingerprint density at radius 2 is 1.37 bits per heavy atom. The number of hydrogen-bond acceptors (Lipinski definition) is 3. The minimum Gasteiger partial charge on any atom is -0.341 e. The van der Waals surface area contributed by atoms with Crippen molar-refractivity contribution in [2.45, 2.75) is 17.9 Å². The number of sulfone groups is 1. The first-order chi connectivity index (χ1) is 12.9. The molecule has 0 saturated carbocycles. The number of hydrogen-bond donors (Lipinski definition) is 1. The Morgan fingerprint density at radius 3 is 2.00 bits per heavy atom. The number of rotatable bonds is 5. The standard InChI is InChI=1S/C22H21NO3S/c1-16-12-14-18(15-13-16)21(17-8-4-3-5-9-17)23-22(24)19-10-6-7-11-20(19)27(2,25)26/h3-15,21H,1-2H3,(H,23,24)/t21-/m1/s1. The monoisotopic (exact) mass is 379 g/mol. The Bertz CT molecular complexity index is 1040. The smallest absolute Gasteiger partial charge is 0.253 e. The van der Waals surface area contributed by atoms with Gasteiger partial charge in [-0.2, -0.15) is 0 Å². The summed E-state index contributed by atoms with van der Waals surface area (Å²) in [5.74, 6) is -0.426. The predicted molar refractivity (Wildman–Crippen MR) is 106 cm³/mol. The maximum atomic E-state index is 13.0. The van der Waals surface area contributed by atoms with E-state index in [1.54, 1.807) is 12.1 Å². The number of nitrogens with one attached hydrogen (secondary N) is 1. The van der Waals surface area contributed by atoms with Crippen LogP contribution in [0.15, 0.2) is 83.8 Å². The van der Waals surface area contributed by atoms with Crippen LogP contribution >= 0.6 is 0 Å². The van der Waals surface area contributed by atoms with E-state index in [4.69, 9.17) is 0 Å². The average Bonchev–Trinajstić information content (AvgIpc) is 2.67. The molecule has 0 aliphatic heterocycles. The molecule has 0 heterocycles. The second-order valence-electron chi connectivity index (χ2n) is 6.50. The van der Waals surface area contributed by atoms with Crippen molar-refractivity contribution in [2.24, 2.45) is 0 Å². The van der Waals surface area contributed by atoms with Crippen molar-refractivity contribution in [2.75, 3.05) is 6.26 Å². The van der Waals surface area contributed by atoms with Gasteiger partial charge in [0.2, 0.25) is 0 Å². The zero-order valence-electron chi connectivity index (χ0n) is 15.2. The summed E-state index contributed by atoms with van der Waals surface area (Å²) in [5, 5.41) is 2.99. The highest BCUT2D eigenvalue weighted by molar-refractivity contribution is 7.90. The molecule has 138 valence electrons. The number of benzene rings is 3. The first-order valence-corrected chi connectivity index (χ1v) is 10.5. The lowest BCUT2D eigenvalue weighted by Gasteiger charge is -2.21. The molecule has 3 rings (SSSR count). The van der Waals surface area contributed by atoms with Gasteiger partial charge in [-0.15, -0.1) is 0 Å². The van der Waals surface area contributed by atoms with Crippen molar-refractivity contribution in [1.29, 1.82) is 0 Å². The fourth-order valence-corrected chi connectivity index (χ4v) is 3.84. The summed E-state index contributed by atoms with van der Waals surface area (Å²) in [4.78, 5) is 13.0. The molecule has 1 atom stereocenters. The third-order valence-electron chi connectivity index (χ3n) is 4.35. The molecule has 0 radical (unpaired) electrons. The zero-order chi connectivity index (χ0) is 19.4. The molecule has 3 aromatic carbocycles. The fraction of sp³-hybridized carbons (Fsp3) is 0.136. The predicted octanol–water partition coefficient (Wildman–Crippen LogP) is 3.92. The van der Waals surface area contributed by atoms with Crippen molar-refractivity contribution < 1.29 is 13.2 Å². The van der Waals surface area contributed by atoms with E-state index in [0.29, 0.717) is 0 Å². The van der Waals surface area contributed by atoms with Gasteiger partial charge >= 0.3 is 0 Å². The van der Waals surface area contributed by atoms with E-state index in [1.165, 1.54) is 12.1 Å². The number of amides is 1. The molecule has 0 spiro atoms. The molecule has 0 fully saturated rings. The maximum absolute atomic E-state index is 13.0. The highest BCUT2D eigenvalue weighted by Crippen LogP contribution is 2.24. The van der Waals surface area contributed by atoms with Crippen LogP contribution in [0.2, 0.25) is 0 Å².